The van der Waals surface area contributed by atoms with E-state index in [1.54, 1.807) is 0 Å². The predicted molar refractivity (Wildman–Crippen MR) is 78.8 cm³/mol. The Morgan fingerprint density at radius 1 is 1.10 bits per heavy atom. The number of likely N-dealkylation sites (tertiary alicyclic amines) is 1. The zero-order chi connectivity index (χ0) is 13.9. The van der Waals surface area contributed by atoms with Crippen molar-refractivity contribution < 1.29 is 4.79 Å². The van der Waals surface area contributed by atoms with Gasteiger partial charge >= 0.3 is 0 Å². The van der Waals surface area contributed by atoms with E-state index >= 15 is 0 Å². The van der Waals surface area contributed by atoms with Crippen LogP contribution in [0.3, 0.4) is 0 Å². The Kier molecular flexibility index (Phi) is 3.94. The number of aryl methyl sites for hydroxylation is 2. The molecule has 0 bridgehead atoms. The summed E-state index contributed by atoms with van der Waals surface area (Å²) in [7, 11) is 0. The van der Waals surface area contributed by atoms with Crippen molar-refractivity contribution in [1.82, 2.24) is 14.7 Å². The highest BCUT2D eigenvalue weighted by Gasteiger charge is 2.23. The molecule has 3 rings (SSSR count). The van der Waals surface area contributed by atoms with Gasteiger partial charge in [0.15, 0.2) is 0 Å². The van der Waals surface area contributed by atoms with Gasteiger partial charge < -0.3 is 9.80 Å². The highest BCUT2D eigenvalue weighted by Crippen LogP contribution is 2.21. The molecule has 1 aromatic rings. The van der Waals surface area contributed by atoms with Crippen LogP contribution in [0.2, 0.25) is 0 Å². The molecule has 1 fully saturated rings. The number of carbonyl (C=O) groups is 1. The molecule has 110 valence electrons. The first-order valence-electron chi connectivity index (χ1n) is 7.81. The molecule has 20 heavy (non-hydrogen) atoms. The standard InChI is InChI=1S/C15H24N4O/c1-13-11-14-18(9-6-10-19(14)16-13)12-15(20)17-7-4-2-3-5-8-17/h11H,2-10,12H2,1H3. The molecule has 2 aliphatic heterocycles. The van der Waals surface area contributed by atoms with Gasteiger partial charge in [0.25, 0.3) is 0 Å². The van der Waals surface area contributed by atoms with Crippen molar-refractivity contribution in [1.29, 1.82) is 0 Å². The molecule has 2 aliphatic rings. The molecular weight excluding hydrogens is 252 g/mol. The van der Waals surface area contributed by atoms with Crippen LogP contribution in [0.4, 0.5) is 5.82 Å². The lowest BCUT2D eigenvalue weighted by atomic mass is 10.2. The molecule has 5 nitrogen and oxygen atoms in total. The molecule has 1 amide bonds. The second-order valence-corrected chi connectivity index (χ2v) is 5.94. The van der Waals surface area contributed by atoms with Gasteiger partial charge in [0, 0.05) is 32.2 Å². The minimum Gasteiger partial charge on any atom is -0.347 e. The first kappa shape index (κ1) is 13.5. The van der Waals surface area contributed by atoms with Crippen molar-refractivity contribution in [3.8, 4) is 0 Å². The van der Waals surface area contributed by atoms with Gasteiger partial charge in [-0.1, -0.05) is 12.8 Å². The zero-order valence-corrected chi connectivity index (χ0v) is 12.3. The maximum Gasteiger partial charge on any atom is 0.242 e. The van der Waals surface area contributed by atoms with Crippen molar-refractivity contribution in [3.63, 3.8) is 0 Å². The molecule has 0 N–H and O–H groups in total. The van der Waals surface area contributed by atoms with Crippen LogP contribution < -0.4 is 4.90 Å². The van der Waals surface area contributed by atoms with Crippen LogP contribution in [0.1, 0.15) is 37.8 Å². The average Bonchev–Trinajstić information content (AvgIpc) is 2.64. The van der Waals surface area contributed by atoms with Crippen molar-refractivity contribution in [3.05, 3.63) is 11.8 Å². The number of hydrogen-bond acceptors (Lipinski definition) is 3. The summed E-state index contributed by atoms with van der Waals surface area (Å²) in [4.78, 5) is 16.7. The lowest BCUT2D eigenvalue weighted by Gasteiger charge is -2.31. The molecule has 0 aliphatic carbocycles. The van der Waals surface area contributed by atoms with Gasteiger partial charge in [-0.05, 0) is 26.2 Å². The minimum absolute atomic E-state index is 0.277. The lowest BCUT2D eigenvalue weighted by Crippen LogP contribution is -2.43. The fraction of sp³-hybridized carbons (Fsp3) is 0.733. The van der Waals surface area contributed by atoms with Crippen LogP contribution in [-0.4, -0.2) is 46.8 Å². The molecule has 0 saturated carbocycles. The number of aromatic nitrogens is 2. The van der Waals surface area contributed by atoms with E-state index in [9.17, 15) is 4.79 Å². The summed E-state index contributed by atoms with van der Waals surface area (Å²) in [5.41, 5.74) is 1.04. The Morgan fingerprint density at radius 3 is 2.60 bits per heavy atom. The van der Waals surface area contributed by atoms with E-state index in [0.717, 1.165) is 57.0 Å². The minimum atomic E-state index is 0.277. The summed E-state index contributed by atoms with van der Waals surface area (Å²) >= 11 is 0. The van der Waals surface area contributed by atoms with Crippen molar-refractivity contribution in [2.45, 2.75) is 45.6 Å². The monoisotopic (exact) mass is 276 g/mol. The Balaban J connectivity index is 1.67. The average molecular weight is 276 g/mol. The molecule has 0 radical (unpaired) electrons. The third kappa shape index (κ3) is 2.81. The molecular formula is C15H24N4O. The van der Waals surface area contributed by atoms with Gasteiger partial charge in [-0.15, -0.1) is 0 Å². The van der Waals surface area contributed by atoms with Gasteiger partial charge in [0.2, 0.25) is 5.91 Å². The highest BCUT2D eigenvalue weighted by molar-refractivity contribution is 5.81. The highest BCUT2D eigenvalue weighted by atomic mass is 16.2. The Labute approximate surface area is 120 Å². The number of rotatable bonds is 2. The summed E-state index contributed by atoms with van der Waals surface area (Å²) < 4.78 is 2.04. The summed E-state index contributed by atoms with van der Waals surface area (Å²) in [6.45, 7) is 6.32. The van der Waals surface area contributed by atoms with Gasteiger partial charge in [-0.3, -0.25) is 4.79 Å². The normalized spacial score (nSPS) is 19.6. The van der Waals surface area contributed by atoms with Crippen molar-refractivity contribution in [2.24, 2.45) is 0 Å². The molecule has 3 heterocycles. The SMILES string of the molecule is Cc1cc2n(n1)CCCN2CC(=O)N1CCCCCC1. The number of nitrogens with zero attached hydrogens (tertiary/aromatic N) is 4. The third-order valence-electron chi connectivity index (χ3n) is 4.29. The summed E-state index contributed by atoms with van der Waals surface area (Å²) in [5, 5.41) is 4.49. The van der Waals surface area contributed by atoms with E-state index in [0.29, 0.717) is 6.54 Å². The molecule has 0 atom stereocenters. The van der Waals surface area contributed by atoms with Crippen molar-refractivity contribution in [2.75, 3.05) is 31.1 Å². The van der Waals surface area contributed by atoms with Gasteiger partial charge in [0.05, 0.1) is 12.2 Å². The lowest BCUT2D eigenvalue weighted by molar-refractivity contribution is -0.129. The van der Waals surface area contributed by atoms with E-state index in [1.165, 1.54) is 12.8 Å². The summed E-state index contributed by atoms with van der Waals surface area (Å²) in [6, 6.07) is 2.09. The number of amides is 1. The fourth-order valence-electron chi connectivity index (χ4n) is 3.22. The second kappa shape index (κ2) is 5.85. The molecule has 1 saturated heterocycles. The number of fused-ring (bicyclic) bond motifs is 1. The molecule has 5 heteroatoms. The predicted octanol–water partition coefficient (Wildman–Crippen LogP) is 1.80. The smallest absolute Gasteiger partial charge is 0.242 e. The molecule has 0 spiro atoms. The maximum atomic E-state index is 12.5. The van der Waals surface area contributed by atoms with Crippen LogP contribution in [0.25, 0.3) is 0 Å². The van der Waals surface area contributed by atoms with E-state index in [4.69, 9.17) is 0 Å². The number of carbonyl (C=O) groups excluding carboxylic acids is 1. The fourth-order valence-corrected chi connectivity index (χ4v) is 3.22. The van der Waals surface area contributed by atoms with Gasteiger partial charge in [-0.25, -0.2) is 4.68 Å². The number of hydrogen-bond donors (Lipinski definition) is 0. The maximum absolute atomic E-state index is 12.5. The topological polar surface area (TPSA) is 41.4 Å². The second-order valence-electron chi connectivity index (χ2n) is 5.94. The molecule has 0 aromatic carbocycles. The summed E-state index contributed by atoms with van der Waals surface area (Å²) in [6.07, 6.45) is 5.91. The van der Waals surface area contributed by atoms with Gasteiger partial charge in [0.1, 0.15) is 5.82 Å². The largest absolute Gasteiger partial charge is 0.347 e. The quantitative estimate of drug-likeness (QED) is 0.827. The van der Waals surface area contributed by atoms with Crippen LogP contribution in [-0.2, 0) is 11.3 Å². The van der Waals surface area contributed by atoms with E-state index in [2.05, 4.69) is 21.0 Å². The van der Waals surface area contributed by atoms with E-state index in [1.807, 2.05) is 11.6 Å². The Hall–Kier alpha value is -1.52. The first-order chi connectivity index (χ1) is 9.74. The molecule has 1 aromatic heterocycles. The van der Waals surface area contributed by atoms with Crippen LogP contribution in [0.15, 0.2) is 6.07 Å². The zero-order valence-electron chi connectivity index (χ0n) is 12.3. The van der Waals surface area contributed by atoms with E-state index < -0.39 is 0 Å². The first-order valence-corrected chi connectivity index (χ1v) is 7.81. The van der Waals surface area contributed by atoms with Gasteiger partial charge in [-0.2, -0.15) is 5.10 Å². The Bertz CT molecular complexity index is 474. The van der Waals surface area contributed by atoms with Crippen LogP contribution in [0.5, 0.6) is 0 Å². The van der Waals surface area contributed by atoms with Crippen molar-refractivity contribution >= 4 is 11.7 Å². The molecule has 0 unspecified atom stereocenters. The van der Waals surface area contributed by atoms with E-state index in [-0.39, 0.29) is 5.91 Å². The number of anilines is 1. The Morgan fingerprint density at radius 2 is 1.85 bits per heavy atom. The summed E-state index contributed by atoms with van der Waals surface area (Å²) in [5.74, 6) is 1.39. The third-order valence-corrected chi connectivity index (χ3v) is 4.29. The van der Waals surface area contributed by atoms with Crippen LogP contribution >= 0.6 is 0 Å². The van der Waals surface area contributed by atoms with Crippen LogP contribution in [0, 0.1) is 6.92 Å².